The molecule has 3 rings (SSSR count). The third-order valence-corrected chi connectivity index (χ3v) is 4.07. The van der Waals surface area contributed by atoms with Crippen LogP contribution in [0.3, 0.4) is 0 Å². The minimum Gasteiger partial charge on any atom is -0.381 e. The van der Waals surface area contributed by atoms with Crippen molar-refractivity contribution in [2.75, 3.05) is 18.5 Å². The normalized spacial score (nSPS) is 17.9. The van der Waals surface area contributed by atoms with Gasteiger partial charge in [0.1, 0.15) is 10.9 Å². The van der Waals surface area contributed by atoms with Gasteiger partial charge in [0.25, 0.3) is 0 Å². The number of ether oxygens (including phenoxy) is 1. The Morgan fingerprint density at radius 1 is 1.17 bits per heavy atom. The maximum absolute atomic E-state index is 13.5. The van der Waals surface area contributed by atoms with E-state index in [4.69, 9.17) is 4.74 Å². The fourth-order valence-corrected chi connectivity index (χ4v) is 2.68. The number of nitrogens with zero attached hydrogens (tertiary/aromatic N) is 2. The van der Waals surface area contributed by atoms with Crippen LogP contribution in [-0.2, 0) is 9.53 Å². The van der Waals surface area contributed by atoms with Gasteiger partial charge >= 0.3 is 6.18 Å². The van der Waals surface area contributed by atoms with Crippen molar-refractivity contribution in [3.8, 4) is 0 Å². The van der Waals surface area contributed by atoms with E-state index < -0.39 is 30.3 Å². The molecule has 1 amide bonds. The number of alkyl halides is 3. The smallest absolute Gasteiger partial charge is 0.381 e. The first-order chi connectivity index (χ1) is 10.9. The number of anilines is 1. The molecule has 0 radical (unpaired) electrons. The maximum atomic E-state index is 13.5. The summed E-state index contributed by atoms with van der Waals surface area (Å²) in [5.74, 6) is -1.08. The van der Waals surface area contributed by atoms with E-state index in [9.17, 15) is 18.0 Å². The van der Waals surface area contributed by atoms with Gasteiger partial charge in [-0.2, -0.15) is 13.2 Å². The lowest BCUT2D eigenvalue weighted by Crippen LogP contribution is -2.51. The highest BCUT2D eigenvalue weighted by atomic mass is 19.4. The number of carbonyl (C=O) groups is 1. The summed E-state index contributed by atoms with van der Waals surface area (Å²) in [6.07, 6.45) is -2.51. The zero-order valence-corrected chi connectivity index (χ0v) is 12.1. The number of hydrogen-bond acceptors (Lipinski definition) is 4. The minimum absolute atomic E-state index is 0.0950. The van der Waals surface area contributed by atoms with Crippen molar-refractivity contribution in [3.63, 3.8) is 0 Å². The van der Waals surface area contributed by atoms with Crippen molar-refractivity contribution in [1.82, 2.24) is 9.97 Å². The van der Waals surface area contributed by atoms with Gasteiger partial charge in [0.05, 0.1) is 11.2 Å². The van der Waals surface area contributed by atoms with E-state index in [-0.39, 0.29) is 18.9 Å². The van der Waals surface area contributed by atoms with Crippen LogP contribution in [0.4, 0.5) is 18.9 Å². The van der Waals surface area contributed by atoms with Crippen LogP contribution in [0.25, 0.3) is 11.0 Å². The number of nitrogens with one attached hydrogen (secondary N) is 1. The Morgan fingerprint density at radius 3 is 2.61 bits per heavy atom. The number of fused-ring (bicyclic) bond motifs is 1. The molecule has 3 heterocycles. The lowest BCUT2D eigenvalue weighted by Gasteiger charge is -2.37. The van der Waals surface area contributed by atoms with Gasteiger partial charge in [-0.05, 0) is 31.0 Å². The summed E-state index contributed by atoms with van der Waals surface area (Å²) in [5.41, 5.74) is -1.36. The SMILES string of the molecule is O=C(Nc1ccnc2cccnc12)C1(C(F)(F)F)CCOCC1. The standard InChI is InChI=1S/C15H14F3N3O2/c16-15(17,18)14(4-8-23-9-5-14)13(22)21-11-3-7-19-10-2-1-6-20-12(10)11/h1-3,6-7H,4-5,8-9H2,(H,19,21,22). The van der Waals surface area contributed by atoms with E-state index in [2.05, 4.69) is 15.3 Å². The van der Waals surface area contributed by atoms with Crippen molar-refractivity contribution in [3.05, 3.63) is 30.6 Å². The average molecular weight is 325 g/mol. The summed E-state index contributed by atoms with van der Waals surface area (Å²) < 4.78 is 45.5. The van der Waals surface area contributed by atoms with Gasteiger partial charge < -0.3 is 10.1 Å². The van der Waals surface area contributed by atoms with E-state index in [1.165, 1.54) is 18.5 Å². The second-order valence-electron chi connectivity index (χ2n) is 5.38. The summed E-state index contributed by atoms with van der Waals surface area (Å²) in [6.45, 7) is -0.190. The number of amides is 1. The summed E-state index contributed by atoms with van der Waals surface area (Å²) in [6, 6.07) is 4.78. The molecule has 23 heavy (non-hydrogen) atoms. The van der Waals surface area contributed by atoms with Crippen molar-refractivity contribution in [2.45, 2.75) is 19.0 Å². The number of rotatable bonds is 2. The van der Waals surface area contributed by atoms with Crippen LogP contribution in [0, 0.1) is 5.41 Å². The number of aromatic nitrogens is 2. The van der Waals surface area contributed by atoms with Crippen molar-refractivity contribution < 1.29 is 22.7 Å². The Balaban J connectivity index is 1.95. The van der Waals surface area contributed by atoms with Gasteiger partial charge in [0.2, 0.25) is 5.91 Å². The predicted molar refractivity (Wildman–Crippen MR) is 76.7 cm³/mol. The lowest BCUT2D eigenvalue weighted by atomic mass is 9.78. The summed E-state index contributed by atoms with van der Waals surface area (Å²) in [5, 5.41) is 2.39. The highest BCUT2D eigenvalue weighted by Crippen LogP contribution is 2.46. The first-order valence-corrected chi connectivity index (χ1v) is 7.10. The third kappa shape index (κ3) is 2.74. The molecule has 0 atom stereocenters. The zero-order valence-electron chi connectivity index (χ0n) is 12.1. The molecule has 2 aromatic rings. The molecule has 0 aliphatic carbocycles. The molecule has 1 aliphatic heterocycles. The van der Waals surface area contributed by atoms with E-state index in [0.717, 1.165) is 0 Å². The largest absolute Gasteiger partial charge is 0.403 e. The Hall–Kier alpha value is -2.22. The Labute approximate surface area is 129 Å². The molecule has 0 saturated carbocycles. The molecule has 0 unspecified atom stereocenters. The molecule has 0 spiro atoms. The van der Waals surface area contributed by atoms with E-state index in [0.29, 0.717) is 11.0 Å². The number of pyridine rings is 2. The molecular formula is C15H14F3N3O2. The van der Waals surface area contributed by atoms with Crippen LogP contribution in [0.15, 0.2) is 30.6 Å². The average Bonchev–Trinajstić information content (AvgIpc) is 2.55. The summed E-state index contributed by atoms with van der Waals surface area (Å²) in [4.78, 5) is 20.6. The summed E-state index contributed by atoms with van der Waals surface area (Å²) in [7, 11) is 0. The third-order valence-electron chi connectivity index (χ3n) is 4.07. The molecule has 122 valence electrons. The van der Waals surface area contributed by atoms with Gasteiger partial charge in [0, 0.05) is 25.6 Å². The molecule has 2 aromatic heterocycles. The number of carbonyl (C=O) groups excluding carboxylic acids is 1. The van der Waals surface area contributed by atoms with Crippen LogP contribution >= 0.6 is 0 Å². The van der Waals surface area contributed by atoms with E-state index in [1.54, 1.807) is 12.1 Å². The number of halogens is 3. The quantitative estimate of drug-likeness (QED) is 0.922. The van der Waals surface area contributed by atoms with Crippen LogP contribution in [0.5, 0.6) is 0 Å². The molecule has 5 nitrogen and oxygen atoms in total. The molecule has 1 N–H and O–H groups in total. The summed E-state index contributed by atoms with van der Waals surface area (Å²) >= 11 is 0. The predicted octanol–water partition coefficient (Wildman–Crippen LogP) is 2.93. The molecule has 0 aromatic carbocycles. The van der Waals surface area contributed by atoms with Gasteiger partial charge in [-0.1, -0.05) is 0 Å². The van der Waals surface area contributed by atoms with Crippen molar-refractivity contribution in [1.29, 1.82) is 0 Å². The Morgan fingerprint density at radius 2 is 1.91 bits per heavy atom. The van der Waals surface area contributed by atoms with E-state index in [1.807, 2.05) is 0 Å². The van der Waals surface area contributed by atoms with Gasteiger partial charge in [-0.3, -0.25) is 14.8 Å². The first-order valence-electron chi connectivity index (χ1n) is 7.10. The minimum atomic E-state index is -4.64. The van der Waals surface area contributed by atoms with Gasteiger partial charge in [-0.15, -0.1) is 0 Å². The van der Waals surface area contributed by atoms with Crippen molar-refractivity contribution in [2.24, 2.45) is 5.41 Å². The van der Waals surface area contributed by atoms with Crippen molar-refractivity contribution >= 4 is 22.6 Å². The van der Waals surface area contributed by atoms with Gasteiger partial charge in [-0.25, -0.2) is 0 Å². The zero-order chi connectivity index (χ0) is 16.5. The van der Waals surface area contributed by atoms with Crippen LogP contribution < -0.4 is 5.32 Å². The monoisotopic (exact) mass is 325 g/mol. The second kappa shape index (κ2) is 5.77. The van der Waals surface area contributed by atoms with Gasteiger partial charge in [0.15, 0.2) is 0 Å². The highest BCUT2D eigenvalue weighted by molar-refractivity contribution is 6.01. The molecule has 1 saturated heterocycles. The van der Waals surface area contributed by atoms with E-state index >= 15 is 0 Å². The fraction of sp³-hybridized carbons (Fsp3) is 0.400. The topological polar surface area (TPSA) is 64.1 Å². The molecule has 1 aliphatic rings. The second-order valence-corrected chi connectivity index (χ2v) is 5.38. The first kappa shape index (κ1) is 15.7. The lowest BCUT2D eigenvalue weighted by molar-refractivity contribution is -0.237. The molecule has 1 fully saturated rings. The highest BCUT2D eigenvalue weighted by Gasteiger charge is 2.60. The Kier molecular flexibility index (Phi) is 3.93. The van der Waals surface area contributed by atoms with Crippen LogP contribution in [-0.4, -0.2) is 35.3 Å². The van der Waals surface area contributed by atoms with Crippen LogP contribution in [0.2, 0.25) is 0 Å². The molecule has 8 heteroatoms. The molecule has 0 bridgehead atoms. The number of hydrogen-bond donors (Lipinski definition) is 1. The van der Waals surface area contributed by atoms with Crippen LogP contribution in [0.1, 0.15) is 12.8 Å². The Bertz CT molecular complexity index is 722. The fourth-order valence-electron chi connectivity index (χ4n) is 2.68. The molecular weight excluding hydrogens is 311 g/mol. The maximum Gasteiger partial charge on any atom is 0.403 e.